The minimum atomic E-state index is 0.230. The van der Waals surface area contributed by atoms with Crippen molar-refractivity contribution >= 4 is 28.4 Å². The molecule has 1 fully saturated rings. The molecule has 6 nitrogen and oxygen atoms in total. The Bertz CT molecular complexity index is 457. The molecule has 1 aromatic heterocycles. The molecule has 0 bridgehead atoms. The minimum absolute atomic E-state index is 0.230. The SMILES string of the molecule is CCNc1nc(C2CN(C)CCN2C)nc(COC)c1I. The fourth-order valence-corrected chi connectivity index (χ4v) is 3.06. The van der Waals surface area contributed by atoms with Gasteiger partial charge in [-0.3, -0.25) is 4.90 Å². The summed E-state index contributed by atoms with van der Waals surface area (Å²) in [7, 11) is 5.99. The van der Waals surface area contributed by atoms with Gasteiger partial charge in [0.05, 0.1) is 21.9 Å². The Hall–Kier alpha value is -0.510. The Labute approximate surface area is 140 Å². The molecule has 1 saturated heterocycles. The van der Waals surface area contributed by atoms with Crippen LogP contribution >= 0.6 is 22.6 Å². The number of rotatable bonds is 5. The van der Waals surface area contributed by atoms with E-state index in [9.17, 15) is 0 Å². The molecule has 1 N–H and O–H groups in total. The highest BCUT2D eigenvalue weighted by Crippen LogP contribution is 2.26. The van der Waals surface area contributed by atoms with Crippen LogP contribution < -0.4 is 5.32 Å². The highest BCUT2D eigenvalue weighted by molar-refractivity contribution is 14.1. The number of ether oxygens (including phenoxy) is 1. The summed E-state index contributed by atoms with van der Waals surface area (Å²) in [6, 6.07) is 0.230. The average Bonchev–Trinajstić information content (AvgIpc) is 2.46. The van der Waals surface area contributed by atoms with Gasteiger partial charge in [0, 0.05) is 33.3 Å². The first-order chi connectivity index (χ1) is 10.1. The Morgan fingerprint density at radius 2 is 2.10 bits per heavy atom. The predicted molar refractivity (Wildman–Crippen MR) is 92.5 cm³/mol. The molecule has 0 saturated carbocycles. The molecule has 0 radical (unpaired) electrons. The molecule has 1 aromatic rings. The fraction of sp³-hybridized carbons (Fsp3) is 0.714. The second-order valence-electron chi connectivity index (χ2n) is 5.41. The number of nitrogens with zero attached hydrogens (tertiary/aromatic N) is 4. The maximum atomic E-state index is 5.29. The van der Waals surface area contributed by atoms with Crippen molar-refractivity contribution in [3.8, 4) is 0 Å². The van der Waals surface area contributed by atoms with Gasteiger partial charge in [-0.15, -0.1) is 0 Å². The zero-order valence-corrected chi connectivity index (χ0v) is 15.3. The van der Waals surface area contributed by atoms with E-state index in [2.05, 4.69) is 58.7 Å². The van der Waals surface area contributed by atoms with Crippen molar-refractivity contribution in [3.63, 3.8) is 0 Å². The van der Waals surface area contributed by atoms with Crippen LogP contribution in [0.1, 0.15) is 24.5 Å². The zero-order valence-electron chi connectivity index (χ0n) is 13.2. The van der Waals surface area contributed by atoms with E-state index >= 15 is 0 Å². The van der Waals surface area contributed by atoms with Crippen LogP contribution in [0.4, 0.5) is 5.82 Å². The largest absolute Gasteiger partial charge is 0.378 e. The number of methoxy groups -OCH3 is 1. The highest BCUT2D eigenvalue weighted by Gasteiger charge is 2.27. The molecule has 0 aromatic carbocycles. The van der Waals surface area contributed by atoms with E-state index in [0.717, 1.165) is 47.1 Å². The quantitative estimate of drug-likeness (QED) is 0.751. The van der Waals surface area contributed by atoms with Gasteiger partial charge in [-0.1, -0.05) is 0 Å². The number of hydrogen-bond donors (Lipinski definition) is 1. The molecular formula is C14H24IN5O. The molecule has 2 rings (SSSR count). The van der Waals surface area contributed by atoms with Gasteiger partial charge in [-0.2, -0.15) is 0 Å². The lowest BCUT2D eigenvalue weighted by Crippen LogP contribution is -2.45. The first kappa shape index (κ1) is 16.9. The first-order valence-corrected chi connectivity index (χ1v) is 8.32. The third-order valence-electron chi connectivity index (χ3n) is 3.71. The van der Waals surface area contributed by atoms with Crippen LogP contribution in [0.5, 0.6) is 0 Å². The second-order valence-corrected chi connectivity index (χ2v) is 6.49. The van der Waals surface area contributed by atoms with Gasteiger partial charge < -0.3 is 15.0 Å². The lowest BCUT2D eigenvalue weighted by molar-refractivity contribution is 0.109. The molecule has 0 spiro atoms. The monoisotopic (exact) mass is 405 g/mol. The first-order valence-electron chi connectivity index (χ1n) is 7.24. The van der Waals surface area contributed by atoms with Crippen LogP contribution in [0.2, 0.25) is 0 Å². The van der Waals surface area contributed by atoms with E-state index in [-0.39, 0.29) is 6.04 Å². The van der Waals surface area contributed by atoms with Crippen molar-refractivity contribution in [1.82, 2.24) is 19.8 Å². The predicted octanol–water partition coefficient (Wildman–Crippen LogP) is 1.58. The van der Waals surface area contributed by atoms with Crippen LogP contribution in [0.15, 0.2) is 0 Å². The van der Waals surface area contributed by atoms with Crippen molar-refractivity contribution in [2.75, 3.05) is 52.7 Å². The second kappa shape index (κ2) is 7.66. The van der Waals surface area contributed by atoms with Gasteiger partial charge >= 0.3 is 0 Å². The van der Waals surface area contributed by atoms with Crippen LogP contribution in [0, 0.1) is 3.57 Å². The Morgan fingerprint density at radius 1 is 1.33 bits per heavy atom. The van der Waals surface area contributed by atoms with Crippen LogP contribution in [0.3, 0.4) is 0 Å². The Kier molecular flexibility index (Phi) is 6.15. The van der Waals surface area contributed by atoms with Gasteiger partial charge in [0.2, 0.25) is 0 Å². The van der Waals surface area contributed by atoms with E-state index in [1.165, 1.54) is 0 Å². The summed E-state index contributed by atoms with van der Waals surface area (Å²) >= 11 is 2.29. The third kappa shape index (κ3) is 4.02. The van der Waals surface area contributed by atoms with Gasteiger partial charge in [0.25, 0.3) is 0 Å². The summed E-state index contributed by atoms with van der Waals surface area (Å²) in [5.41, 5.74) is 0.959. The molecule has 118 valence electrons. The van der Waals surface area contributed by atoms with E-state index in [1.54, 1.807) is 7.11 Å². The van der Waals surface area contributed by atoms with E-state index in [0.29, 0.717) is 6.61 Å². The number of anilines is 1. The molecule has 21 heavy (non-hydrogen) atoms. The number of nitrogens with one attached hydrogen (secondary N) is 1. The Morgan fingerprint density at radius 3 is 2.76 bits per heavy atom. The van der Waals surface area contributed by atoms with Gasteiger partial charge in [0.15, 0.2) is 0 Å². The maximum absolute atomic E-state index is 5.29. The van der Waals surface area contributed by atoms with Crippen molar-refractivity contribution in [1.29, 1.82) is 0 Å². The van der Waals surface area contributed by atoms with Gasteiger partial charge in [-0.25, -0.2) is 9.97 Å². The number of halogens is 1. The van der Waals surface area contributed by atoms with Crippen molar-refractivity contribution in [2.24, 2.45) is 0 Å². The average molecular weight is 405 g/mol. The van der Waals surface area contributed by atoms with Crippen LogP contribution in [0.25, 0.3) is 0 Å². The van der Waals surface area contributed by atoms with E-state index < -0.39 is 0 Å². The van der Waals surface area contributed by atoms with Crippen LogP contribution in [-0.2, 0) is 11.3 Å². The molecule has 0 aliphatic carbocycles. The third-order valence-corrected chi connectivity index (χ3v) is 4.85. The summed E-state index contributed by atoms with van der Waals surface area (Å²) < 4.78 is 6.33. The van der Waals surface area contributed by atoms with E-state index in [1.807, 2.05) is 0 Å². The fourth-order valence-electron chi connectivity index (χ4n) is 2.47. The van der Waals surface area contributed by atoms with Gasteiger partial charge in [0.1, 0.15) is 11.6 Å². The molecule has 0 amide bonds. The lowest BCUT2D eigenvalue weighted by Gasteiger charge is -2.36. The number of piperazine rings is 1. The summed E-state index contributed by atoms with van der Waals surface area (Å²) in [6.07, 6.45) is 0. The molecule has 2 heterocycles. The highest BCUT2D eigenvalue weighted by atomic mass is 127. The minimum Gasteiger partial charge on any atom is -0.378 e. The summed E-state index contributed by atoms with van der Waals surface area (Å²) in [6.45, 7) is 6.51. The van der Waals surface area contributed by atoms with Crippen LogP contribution in [-0.4, -0.2) is 67.2 Å². The zero-order chi connectivity index (χ0) is 15.4. The molecule has 1 atom stereocenters. The Balaban J connectivity index is 2.37. The summed E-state index contributed by atoms with van der Waals surface area (Å²) in [5.74, 6) is 1.80. The molecule has 1 aliphatic heterocycles. The van der Waals surface area contributed by atoms with Gasteiger partial charge in [-0.05, 0) is 43.6 Å². The molecular weight excluding hydrogens is 381 g/mol. The summed E-state index contributed by atoms with van der Waals surface area (Å²) in [4.78, 5) is 14.2. The lowest BCUT2D eigenvalue weighted by atomic mass is 10.1. The van der Waals surface area contributed by atoms with Crippen molar-refractivity contribution in [3.05, 3.63) is 15.1 Å². The molecule has 1 aliphatic rings. The number of likely N-dealkylation sites (N-methyl/N-ethyl adjacent to an activating group) is 2. The van der Waals surface area contributed by atoms with Crippen molar-refractivity contribution < 1.29 is 4.74 Å². The molecule has 1 unspecified atom stereocenters. The standard InChI is InChI=1S/C14H24IN5O/c1-5-16-14-12(15)10(9-21-4)17-13(18-14)11-8-19(2)6-7-20(11)3/h11H,5-9H2,1-4H3,(H,16,17,18). The van der Waals surface area contributed by atoms with E-state index in [4.69, 9.17) is 14.7 Å². The topological polar surface area (TPSA) is 53.5 Å². The number of aromatic nitrogens is 2. The molecule has 7 heteroatoms. The summed E-state index contributed by atoms with van der Waals surface area (Å²) in [5, 5.41) is 3.33. The number of hydrogen-bond acceptors (Lipinski definition) is 6. The maximum Gasteiger partial charge on any atom is 0.149 e. The van der Waals surface area contributed by atoms with Crippen molar-refractivity contribution in [2.45, 2.75) is 19.6 Å². The normalized spacial score (nSPS) is 20.7. The smallest absolute Gasteiger partial charge is 0.149 e.